The molecule has 0 saturated carbocycles. The molecule has 1 saturated heterocycles. The zero-order chi connectivity index (χ0) is 12.7. The lowest BCUT2D eigenvalue weighted by Crippen LogP contribution is -2.49. The molecular weight excluding hydrogens is 224 g/mol. The summed E-state index contributed by atoms with van der Waals surface area (Å²) >= 11 is 0. The number of rotatable bonds is 5. The molecule has 1 unspecified atom stereocenters. The van der Waals surface area contributed by atoms with Crippen molar-refractivity contribution in [3.05, 3.63) is 12.7 Å². The molecule has 96 valence electrons. The van der Waals surface area contributed by atoms with Gasteiger partial charge in [0.2, 0.25) is 5.91 Å². The third-order valence-corrected chi connectivity index (χ3v) is 2.43. The minimum absolute atomic E-state index is 0.0876. The minimum Gasteiger partial charge on any atom is -0.467 e. The lowest BCUT2D eigenvalue weighted by molar-refractivity contribution is -0.160. The van der Waals surface area contributed by atoms with Crippen LogP contribution in [-0.2, 0) is 19.1 Å². The molecule has 0 aromatic rings. The molecule has 0 spiro atoms. The summed E-state index contributed by atoms with van der Waals surface area (Å²) in [5.74, 6) is -0.489. The Morgan fingerprint density at radius 3 is 3.06 bits per heavy atom. The first kappa shape index (κ1) is 13.7. The van der Waals surface area contributed by atoms with E-state index in [2.05, 4.69) is 16.6 Å². The molecule has 1 aliphatic heterocycles. The molecule has 1 rings (SSSR count). The molecule has 17 heavy (non-hydrogen) atoms. The molecule has 0 aliphatic carbocycles. The van der Waals surface area contributed by atoms with E-state index >= 15 is 0 Å². The zero-order valence-corrected chi connectivity index (χ0v) is 9.98. The van der Waals surface area contributed by atoms with Gasteiger partial charge < -0.3 is 14.8 Å². The smallest absolute Gasteiger partial charge is 0.336 e. The van der Waals surface area contributed by atoms with E-state index in [1.54, 1.807) is 6.08 Å². The molecular formula is C11H18N2O4. The second-order valence-corrected chi connectivity index (χ2v) is 3.71. The van der Waals surface area contributed by atoms with E-state index in [0.717, 1.165) is 0 Å². The topological polar surface area (TPSA) is 67.9 Å². The second kappa shape index (κ2) is 7.03. The van der Waals surface area contributed by atoms with E-state index in [1.165, 1.54) is 7.11 Å². The predicted octanol–water partition coefficient (Wildman–Crippen LogP) is -0.838. The first-order valence-corrected chi connectivity index (χ1v) is 5.46. The van der Waals surface area contributed by atoms with Crippen LogP contribution in [0.4, 0.5) is 0 Å². The predicted molar refractivity (Wildman–Crippen MR) is 61.4 cm³/mol. The first-order chi connectivity index (χ1) is 8.17. The third kappa shape index (κ3) is 4.54. The number of nitrogens with one attached hydrogen (secondary N) is 1. The van der Waals surface area contributed by atoms with E-state index in [9.17, 15) is 9.59 Å². The van der Waals surface area contributed by atoms with Crippen LogP contribution >= 0.6 is 0 Å². The molecule has 0 aromatic carbocycles. The summed E-state index contributed by atoms with van der Waals surface area (Å²) in [5.41, 5.74) is 0. The summed E-state index contributed by atoms with van der Waals surface area (Å²) in [6.07, 6.45) is 1.02. The van der Waals surface area contributed by atoms with Crippen LogP contribution in [0.1, 0.15) is 0 Å². The fraction of sp³-hybridized carbons (Fsp3) is 0.636. The first-order valence-electron chi connectivity index (χ1n) is 5.46. The van der Waals surface area contributed by atoms with Crippen molar-refractivity contribution in [2.75, 3.05) is 39.9 Å². The molecule has 6 nitrogen and oxygen atoms in total. The molecule has 1 N–H and O–H groups in total. The highest BCUT2D eigenvalue weighted by Crippen LogP contribution is 2.06. The Morgan fingerprint density at radius 1 is 1.65 bits per heavy atom. The fourth-order valence-electron chi connectivity index (χ4n) is 1.57. The van der Waals surface area contributed by atoms with Crippen LogP contribution in [0.2, 0.25) is 0 Å². The molecule has 1 amide bonds. The van der Waals surface area contributed by atoms with Gasteiger partial charge in [0.15, 0.2) is 6.10 Å². The van der Waals surface area contributed by atoms with Gasteiger partial charge in [0.25, 0.3) is 0 Å². The van der Waals surface area contributed by atoms with Gasteiger partial charge in [0.05, 0.1) is 20.3 Å². The van der Waals surface area contributed by atoms with Gasteiger partial charge in [-0.15, -0.1) is 6.58 Å². The van der Waals surface area contributed by atoms with E-state index in [1.807, 2.05) is 4.90 Å². The maximum atomic E-state index is 11.5. The number of hydrogen-bond donors (Lipinski definition) is 1. The van der Waals surface area contributed by atoms with Crippen LogP contribution in [-0.4, -0.2) is 62.8 Å². The Kier molecular flexibility index (Phi) is 5.65. The minimum atomic E-state index is -0.596. The van der Waals surface area contributed by atoms with E-state index in [4.69, 9.17) is 4.74 Å². The second-order valence-electron chi connectivity index (χ2n) is 3.71. The number of ether oxygens (including phenoxy) is 2. The lowest BCUT2D eigenvalue weighted by atomic mass is 10.2. The van der Waals surface area contributed by atoms with Gasteiger partial charge in [-0.25, -0.2) is 4.79 Å². The number of hydrogen-bond acceptors (Lipinski definition) is 5. The Labute approximate surface area is 101 Å². The van der Waals surface area contributed by atoms with Crippen molar-refractivity contribution >= 4 is 11.9 Å². The highest BCUT2D eigenvalue weighted by Gasteiger charge is 2.28. The van der Waals surface area contributed by atoms with Crippen molar-refractivity contribution in [3.8, 4) is 0 Å². The molecule has 1 heterocycles. The fourth-order valence-corrected chi connectivity index (χ4v) is 1.57. The monoisotopic (exact) mass is 242 g/mol. The Morgan fingerprint density at radius 2 is 2.41 bits per heavy atom. The molecule has 0 aromatic heterocycles. The van der Waals surface area contributed by atoms with Crippen LogP contribution in [0.25, 0.3) is 0 Å². The Balaban J connectivity index is 2.36. The summed E-state index contributed by atoms with van der Waals surface area (Å²) < 4.78 is 9.86. The van der Waals surface area contributed by atoms with E-state index in [0.29, 0.717) is 26.2 Å². The largest absolute Gasteiger partial charge is 0.467 e. The average molecular weight is 242 g/mol. The van der Waals surface area contributed by atoms with E-state index < -0.39 is 12.1 Å². The van der Waals surface area contributed by atoms with Gasteiger partial charge in [-0.1, -0.05) is 6.08 Å². The highest BCUT2D eigenvalue weighted by molar-refractivity contribution is 5.78. The summed E-state index contributed by atoms with van der Waals surface area (Å²) in [7, 11) is 1.32. The summed E-state index contributed by atoms with van der Waals surface area (Å²) in [6, 6.07) is 0. The van der Waals surface area contributed by atoms with Gasteiger partial charge in [-0.2, -0.15) is 0 Å². The Bertz CT molecular complexity index is 293. The van der Waals surface area contributed by atoms with Gasteiger partial charge in [0, 0.05) is 19.6 Å². The summed E-state index contributed by atoms with van der Waals surface area (Å²) in [6.45, 7) is 5.66. The van der Waals surface area contributed by atoms with Crippen LogP contribution in [0.15, 0.2) is 12.7 Å². The average Bonchev–Trinajstić information content (AvgIpc) is 2.35. The van der Waals surface area contributed by atoms with Crippen LogP contribution in [0.3, 0.4) is 0 Å². The van der Waals surface area contributed by atoms with Crippen molar-refractivity contribution in [3.63, 3.8) is 0 Å². The molecule has 1 fully saturated rings. The van der Waals surface area contributed by atoms with Crippen LogP contribution < -0.4 is 5.32 Å². The van der Waals surface area contributed by atoms with Gasteiger partial charge in [-0.3, -0.25) is 9.69 Å². The number of methoxy groups -OCH3 is 1. The van der Waals surface area contributed by atoms with Crippen LogP contribution in [0.5, 0.6) is 0 Å². The summed E-state index contributed by atoms with van der Waals surface area (Å²) in [5, 5.41) is 2.68. The third-order valence-electron chi connectivity index (χ3n) is 2.43. The number of morpholine rings is 1. The number of amides is 1. The number of carbonyl (C=O) groups is 2. The van der Waals surface area contributed by atoms with Crippen LogP contribution in [0, 0.1) is 0 Å². The maximum Gasteiger partial charge on any atom is 0.336 e. The molecule has 1 aliphatic rings. The Hall–Kier alpha value is -1.40. The van der Waals surface area contributed by atoms with Gasteiger partial charge >= 0.3 is 5.97 Å². The lowest BCUT2D eigenvalue weighted by Gasteiger charge is -2.30. The molecule has 6 heteroatoms. The zero-order valence-electron chi connectivity index (χ0n) is 9.98. The standard InChI is InChI=1S/C11H18N2O4/c1-3-4-12-10(14)8-13-5-6-17-9(7-13)11(15)16-2/h3,9H,1,4-8H2,2H3,(H,12,14). The molecule has 0 bridgehead atoms. The number of esters is 1. The van der Waals surface area contributed by atoms with Crippen molar-refractivity contribution in [1.82, 2.24) is 10.2 Å². The normalized spacial score (nSPS) is 20.6. The van der Waals surface area contributed by atoms with Gasteiger partial charge in [-0.05, 0) is 0 Å². The SMILES string of the molecule is C=CCNC(=O)CN1CCOC(C(=O)OC)C1. The summed E-state index contributed by atoms with van der Waals surface area (Å²) in [4.78, 5) is 24.6. The van der Waals surface area contributed by atoms with Crippen molar-refractivity contribution in [2.45, 2.75) is 6.10 Å². The molecule has 1 atom stereocenters. The number of nitrogens with zero attached hydrogens (tertiary/aromatic N) is 1. The highest BCUT2D eigenvalue weighted by atomic mass is 16.6. The number of carbonyl (C=O) groups excluding carboxylic acids is 2. The van der Waals surface area contributed by atoms with Gasteiger partial charge in [0.1, 0.15) is 0 Å². The quantitative estimate of drug-likeness (QED) is 0.503. The maximum absolute atomic E-state index is 11.5. The molecule has 0 radical (unpaired) electrons. The van der Waals surface area contributed by atoms with Crippen molar-refractivity contribution in [2.24, 2.45) is 0 Å². The van der Waals surface area contributed by atoms with E-state index in [-0.39, 0.29) is 12.5 Å². The van der Waals surface area contributed by atoms with Crippen molar-refractivity contribution in [1.29, 1.82) is 0 Å². The van der Waals surface area contributed by atoms with Crippen molar-refractivity contribution < 1.29 is 19.1 Å².